The zero-order chi connectivity index (χ0) is 28.1. The Morgan fingerprint density at radius 3 is 2.03 bits per heavy atom. The van der Waals surface area contributed by atoms with Crippen molar-refractivity contribution in [1.82, 2.24) is 10.0 Å². The molecule has 0 unspecified atom stereocenters. The maximum absolute atomic E-state index is 13.2. The second-order valence-electron chi connectivity index (χ2n) is 10.7. The largest absolute Gasteiger partial charge is 0.416 e. The third kappa shape index (κ3) is 8.56. The minimum atomic E-state index is -4.52. The highest BCUT2D eigenvalue weighted by Crippen LogP contribution is 2.30. The van der Waals surface area contributed by atoms with Gasteiger partial charge in [0, 0.05) is 16.8 Å². The zero-order valence-corrected chi connectivity index (χ0v) is 22.5. The van der Waals surface area contributed by atoms with Crippen LogP contribution in [0.25, 0.3) is 0 Å². The van der Waals surface area contributed by atoms with E-state index in [1.54, 1.807) is 20.8 Å². The van der Waals surface area contributed by atoms with E-state index < -0.39 is 45.2 Å². The van der Waals surface area contributed by atoms with Gasteiger partial charge < -0.3 is 10.6 Å². The highest BCUT2D eigenvalue weighted by molar-refractivity contribution is 7.89. The molecule has 38 heavy (non-hydrogen) atoms. The van der Waals surface area contributed by atoms with Gasteiger partial charge in [-0.2, -0.15) is 13.2 Å². The number of nitrogens with one attached hydrogen (secondary N) is 3. The van der Waals surface area contributed by atoms with E-state index in [1.165, 1.54) is 24.3 Å². The van der Waals surface area contributed by atoms with Crippen LogP contribution < -0.4 is 15.4 Å². The quantitative estimate of drug-likeness (QED) is 0.402. The predicted molar refractivity (Wildman–Crippen MR) is 139 cm³/mol. The molecule has 3 rings (SSSR count). The summed E-state index contributed by atoms with van der Waals surface area (Å²) >= 11 is 0. The van der Waals surface area contributed by atoms with E-state index in [1.807, 2.05) is 0 Å². The van der Waals surface area contributed by atoms with Crippen LogP contribution in [0.15, 0.2) is 53.4 Å². The van der Waals surface area contributed by atoms with Crippen LogP contribution in [0.3, 0.4) is 0 Å². The number of carbonyl (C=O) groups excluding carboxylic acids is 2. The highest BCUT2D eigenvalue weighted by atomic mass is 32.2. The number of rotatable bonds is 8. The smallest absolute Gasteiger partial charge is 0.340 e. The van der Waals surface area contributed by atoms with E-state index >= 15 is 0 Å². The molecular formula is C27H34F3N3O4S. The molecule has 1 fully saturated rings. The molecule has 0 saturated heterocycles. The van der Waals surface area contributed by atoms with Gasteiger partial charge in [-0.05, 0) is 81.6 Å². The molecule has 1 aliphatic carbocycles. The fourth-order valence-corrected chi connectivity index (χ4v) is 5.87. The first kappa shape index (κ1) is 29.6. The maximum Gasteiger partial charge on any atom is 0.416 e. The Morgan fingerprint density at radius 1 is 0.921 bits per heavy atom. The van der Waals surface area contributed by atoms with Crippen molar-refractivity contribution in [2.45, 2.75) is 81.9 Å². The van der Waals surface area contributed by atoms with Crippen LogP contribution in [0.5, 0.6) is 0 Å². The summed E-state index contributed by atoms with van der Waals surface area (Å²) in [6.45, 7) is 5.18. The summed E-state index contributed by atoms with van der Waals surface area (Å²) in [7, 11) is -3.75. The first-order valence-corrected chi connectivity index (χ1v) is 14.1. The van der Waals surface area contributed by atoms with Crippen molar-refractivity contribution in [3.63, 3.8) is 0 Å². The van der Waals surface area contributed by atoms with E-state index in [2.05, 4.69) is 15.4 Å². The molecule has 7 nitrogen and oxygen atoms in total. The summed E-state index contributed by atoms with van der Waals surface area (Å²) in [5, 5.41) is 5.41. The van der Waals surface area contributed by atoms with Crippen LogP contribution in [0.2, 0.25) is 0 Å². The monoisotopic (exact) mass is 553 g/mol. The Balaban J connectivity index is 1.74. The molecule has 1 aliphatic rings. The van der Waals surface area contributed by atoms with Gasteiger partial charge in [0.15, 0.2) is 0 Å². The van der Waals surface area contributed by atoms with E-state index in [0.717, 1.165) is 56.4 Å². The molecular weight excluding hydrogens is 519 g/mol. The molecule has 2 amide bonds. The highest BCUT2D eigenvalue weighted by Gasteiger charge is 2.31. The number of alkyl halides is 3. The number of anilines is 1. The number of carbonyl (C=O) groups is 2. The van der Waals surface area contributed by atoms with Gasteiger partial charge in [-0.25, -0.2) is 13.1 Å². The third-order valence-corrected chi connectivity index (χ3v) is 8.04. The van der Waals surface area contributed by atoms with Gasteiger partial charge in [0.05, 0.1) is 10.5 Å². The SMILES string of the molecule is CC(C)(C)NS(=O)(=O)c1ccc(NC(=O)[C@H](CC2CCCCC2)NC(=O)c2ccc(C(F)(F)F)cc2)cc1. The van der Waals surface area contributed by atoms with E-state index in [-0.39, 0.29) is 16.4 Å². The topological polar surface area (TPSA) is 104 Å². The van der Waals surface area contributed by atoms with Gasteiger partial charge in [0.1, 0.15) is 6.04 Å². The minimum Gasteiger partial charge on any atom is -0.340 e. The van der Waals surface area contributed by atoms with Crippen LogP contribution in [0.1, 0.15) is 75.2 Å². The predicted octanol–water partition coefficient (Wildman–Crippen LogP) is 5.49. The lowest BCUT2D eigenvalue weighted by molar-refractivity contribution is -0.137. The number of hydrogen-bond donors (Lipinski definition) is 3. The standard InChI is InChI=1S/C27H34F3N3O4S/c1-26(2,3)33-38(36,37)22-15-13-21(14-16-22)31-25(35)23(17-18-7-5-4-6-8-18)32-24(34)19-9-11-20(12-10-19)27(28,29)30/h9-16,18,23,33H,4-8,17H2,1-3H3,(H,31,35)(H,32,34)/t23-/m0/s1. The maximum atomic E-state index is 13.2. The number of sulfonamides is 1. The van der Waals surface area contributed by atoms with E-state index in [4.69, 9.17) is 0 Å². The molecule has 0 heterocycles. The number of hydrogen-bond acceptors (Lipinski definition) is 4. The van der Waals surface area contributed by atoms with Crippen molar-refractivity contribution in [1.29, 1.82) is 0 Å². The molecule has 11 heteroatoms. The summed E-state index contributed by atoms with van der Waals surface area (Å²) in [5.41, 5.74) is -1.17. The van der Waals surface area contributed by atoms with Crippen LogP contribution in [0.4, 0.5) is 18.9 Å². The summed E-state index contributed by atoms with van der Waals surface area (Å²) in [6, 6.07) is 8.58. The van der Waals surface area contributed by atoms with Gasteiger partial charge in [-0.15, -0.1) is 0 Å². The number of amides is 2. The molecule has 1 atom stereocenters. The van der Waals surface area contributed by atoms with Crippen LogP contribution >= 0.6 is 0 Å². The number of halogens is 3. The summed E-state index contributed by atoms with van der Waals surface area (Å²) < 4.78 is 66.3. The second kappa shape index (κ2) is 11.9. The molecule has 3 N–H and O–H groups in total. The van der Waals surface area contributed by atoms with Crippen molar-refractivity contribution >= 4 is 27.5 Å². The molecule has 0 aromatic heterocycles. The molecule has 1 saturated carbocycles. The Bertz CT molecular complexity index is 1220. The van der Waals surface area contributed by atoms with Gasteiger partial charge in [-0.1, -0.05) is 32.1 Å². The summed E-state index contributed by atoms with van der Waals surface area (Å²) in [5.74, 6) is -0.910. The normalized spacial score (nSPS) is 16.1. The first-order valence-electron chi connectivity index (χ1n) is 12.6. The van der Waals surface area contributed by atoms with Gasteiger partial charge in [0.2, 0.25) is 15.9 Å². The molecule has 0 bridgehead atoms. The second-order valence-corrected chi connectivity index (χ2v) is 12.4. The Labute approximate surface area is 221 Å². The fraction of sp³-hybridized carbons (Fsp3) is 0.481. The molecule has 2 aromatic rings. The summed E-state index contributed by atoms with van der Waals surface area (Å²) in [6.07, 6.45) is 0.899. The van der Waals surface area contributed by atoms with Crippen LogP contribution in [-0.2, 0) is 21.0 Å². The average molecular weight is 554 g/mol. The average Bonchev–Trinajstić information content (AvgIpc) is 2.82. The first-order chi connectivity index (χ1) is 17.6. The minimum absolute atomic E-state index is 0.0142. The van der Waals surface area contributed by atoms with Crippen molar-refractivity contribution < 1.29 is 31.2 Å². The third-order valence-electron chi connectivity index (χ3n) is 6.26. The van der Waals surface area contributed by atoms with Crippen molar-refractivity contribution in [3.05, 3.63) is 59.7 Å². The summed E-state index contributed by atoms with van der Waals surface area (Å²) in [4.78, 5) is 26.1. The molecule has 0 spiro atoms. The lowest BCUT2D eigenvalue weighted by atomic mass is 9.84. The Morgan fingerprint density at radius 2 is 1.50 bits per heavy atom. The van der Waals surface area contributed by atoms with Crippen LogP contribution in [0, 0.1) is 5.92 Å². The molecule has 208 valence electrons. The lowest BCUT2D eigenvalue weighted by Crippen LogP contribution is -2.45. The van der Waals surface area contributed by atoms with Crippen molar-refractivity contribution in [2.24, 2.45) is 5.92 Å². The number of benzene rings is 2. The van der Waals surface area contributed by atoms with Gasteiger partial charge >= 0.3 is 6.18 Å². The van der Waals surface area contributed by atoms with Crippen molar-refractivity contribution in [3.8, 4) is 0 Å². The van der Waals surface area contributed by atoms with E-state index in [9.17, 15) is 31.2 Å². The molecule has 0 aliphatic heterocycles. The van der Waals surface area contributed by atoms with Gasteiger partial charge in [0.25, 0.3) is 5.91 Å². The fourth-order valence-electron chi connectivity index (χ4n) is 4.45. The Hall–Kier alpha value is -2.92. The van der Waals surface area contributed by atoms with E-state index in [0.29, 0.717) is 12.1 Å². The van der Waals surface area contributed by atoms with Crippen molar-refractivity contribution in [2.75, 3.05) is 5.32 Å². The van der Waals surface area contributed by atoms with Gasteiger partial charge in [-0.3, -0.25) is 9.59 Å². The zero-order valence-electron chi connectivity index (χ0n) is 21.7. The lowest BCUT2D eigenvalue weighted by Gasteiger charge is -2.26. The Kier molecular flexibility index (Phi) is 9.25. The molecule has 2 aromatic carbocycles. The molecule has 0 radical (unpaired) electrons. The van der Waals surface area contributed by atoms with Crippen LogP contribution in [-0.4, -0.2) is 31.8 Å².